The molecule has 4 rings (SSSR count). The van der Waals surface area contributed by atoms with E-state index in [-0.39, 0.29) is 35.2 Å². The number of hydrogen-bond acceptors (Lipinski definition) is 6. The number of nitrogens with zero attached hydrogens (tertiary/aromatic N) is 2. The molecule has 4 aromatic rings. The second-order valence-corrected chi connectivity index (χ2v) is 14.1. The number of carbonyl (C=O) groups is 2. The molecule has 1 unspecified atom stereocenters. The summed E-state index contributed by atoms with van der Waals surface area (Å²) in [6, 6.07) is 24.2. The third-order valence-corrected chi connectivity index (χ3v) is 10.5. The maximum atomic E-state index is 14.8. The first-order valence-electron chi connectivity index (χ1n) is 15.9. The highest BCUT2D eigenvalue weighted by atomic mass is 35.5. The Hall–Kier alpha value is -4.25. The second-order valence-electron chi connectivity index (χ2n) is 11.4. The lowest BCUT2D eigenvalue weighted by Gasteiger charge is -2.34. The molecule has 0 heterocycles. The first-order valence-corrected chi connectivity index (χ1v) is 18.0. The molecule has 1 atom stereocenters. The second kappa shape index (κ2) is 17.4. The minimum absolute atomic E-state index is 0.0328. The van der Waals surface area contributed by atoms with Crippen molar-refractivity contribution < 1.29 is 27.5 Å². The molecule has 260 valence electrons. The number of benzene rings is 4. The van der Waals surface area contributed by atoms with Gasteiger partial charge in [-0.1, -0.05) is 90.6 Å². The largest absolute Gasteiger partial charge is 0.497 e. The highest BCUT2D eigenvalue weighted by molar-refractivity contribution is 7.92. The molecule has 0 spiro atoms. The number of ether oxygens (including phenoxy) is 2. The van der Waals surface area contributed by atoms with Gasteiger partial charge in [-0.15, -0.1) is 0 Å². The number of amides is 2. The first-order chi connectivity index (χ1) is 23.5. The number of unbranched alkanes of at least 4 members (excludes halogenated alkanes) is 1. The third-order valence-electron chi connectivity index (χ3n) is 8.03. The van der Waals surface area contributed by atoms with E-state index >= 15 is 0 Å². The smallest absolute Gasteiger partial charge is 0.264 e. The van der Waals surface area contributed by atoms with Crippen molar-refractivity contribution in [2.45, 2.75) is 50.6 Å². The van der Waals surface area contributed by atoms with Crippen LogP contribution < -0.4 is 19.1 Å². The van der Waals surface area contributed by atoms with Crippen LogP contribution in [0, 0.1) is 6.92 Å². The van der Waals surface area contributed by atoms with Crippen LogP contribution in [-0.4, -0.2) is 58.5 Å². The number of aryl methyl sites for hydroxylation is 1. The van der Waals surface area contributed by atoms with Crippen molar-refractivity contribution >= 4 is 50.7 Å². The van der Waals surface area contributed by atoms with Gasteiger partial charge in [-0.25, -0.2) is 8.42 Å². The summed E-state index contributed by atoms with van der Waals surface area (Å²) in [6.45, 7) is 3.42. The van der Waals surface area contributed by atoms with Gasteiger partial charge in [0.15, 0.2) is 0 Å². The lowest BCUT2D eigenvalue weighted by molar-refractivity contribution is -0.140. The molecule has 0 saturated heterocycles. The lowest BCUT2D eigenvalue weighted by Crippen LogP contribution is -2.53. The summed E-state index contributed by atoms with van der Waals surface area (Å²) < 4.78 is 40.9. The van der Waals surface area contributed by atoms with E-state index in [2.05, 4.69) is 5.32 Å². The van der Waals surface area contributed by atoms with E-state index in [0.29, 0.717) is 27.9 Å². The van der Waals surface area contributed by atoms with Crippen molar-refractivity contribution in [1.29, 1.82) is 0 Å². The summed E-state index contributed by atoms with van der Waals surface area (Å²) in [4.78, 5) is 30.1. The molecular weight excluding hydrogens is 685 g/mol. The van der Waals surface area contributed by atoms with Gasteiger partial charge in [-0.2, -0.15) is 0 Å². The predicted molar refractivity (Wildman–Crippen MR) is 194 cm³/mol. The summed E-state index contributed by atoms with van der Waals surface area (Å²) in [5.41, 5.74) is 2.17. The molecule has 0 fully saturated rings. The molecule has 12 heteroatoms. The van der Waals surface area contributed by atoms with Crippen LogP contribution in [0.1, 0.15) is 36.5 Å². The van der Waals surface area contributed by atoms with Gasteiger partial charge in [0.1, 0.15) is 24.1 Å². The molecule has 2 amide bonds. The molecule has 49 heavy (non-hydrogen) atoms. The Bertz CT molecular complexity index is 1820. The van der Waals surface area contributed by atoms with E-state index in [1.54, 1.807) is 42.5 Å². The summed E-state index contributed by atoms with van der Waals surface area (Å²) in [5, 5.41) is 3.57. The molecular formula is C37H41Cl2N3O6S. The number of hydrogen-bond donors (Lipinski definition) is 1. The fourth-order valence-corrected chi connectivity index (χ4v) is 7.19. The van der Waals surface area contributed by atoms with Crippen LogP contribution in [0.5, 0.6) is 11.5 Å². The minimum Gasteiger partial charge on any atom is -0.497 e. The number of carbonyl (C=O) groups excluding carboxylic acids is 2. The van der Waals surface area contributed by atoms with Gasteiger partial charge in [-0.05, 0) is 55.3 Å². The van der Waals surface area contributed by atoms with Crippen molar-refractivity contribution in [1.82, 2.24) is 10.2 Å². The number of halogens is 2. The zero-order chi connectivity index (χ0) is 35.6. The minimum atomic E-state index is -4.37. The van der Waals surface area contributed by atoms with Crippen LogP contribution >= 0.6 is 23.2 Å². The molecule has 9 nitrogen and oxygen atoms in total. The average Bonchev–Trinajstić information content (AvgIpc) is 3.10. The standard InChI is InChI=1S/C37H41Cl2N3O6S/c1-5-6-21-40-37(44)34(22-27-11-8-7-9-12-27)41(24-30-31(38)13-10-14-32(30)39)36(43)25-42(33-23-28(47-3)17-20-35(33)48-4)49(45,46)29-18-15-26(2)16-19-29/h7-20,23,34H,5-6,21-22,24-25H2,1-4H3,(H,40,44). The Balaban J connectivity index is 1.88. The van der Waals surface area contributed by atoms with E-state index in [1.165, 1.54) is 37.3 Å². The molecule has 4 aromatic carbocycles. The normalized spacial score (nSPS) is 11.8. The van der Waals surface area contributed by atoms with Gasteiger partial charge in [0.25, 0.3) is 10.0 Å². The van der Waals surface area contributed by atoms with Gasteiger partial charge in [-0.3, -0.25) is 13.9 Å². The van der Waals surface area contributed by atoms with Crippen LogP contribution in [0.3, 0.4) is 0 Å². The van der Waals surface area contributed by atoms with Crippen LogP contribution in [-0.2, 0) is 32.6 Å². The van der Waals surface area contributed by atoms with E-state index < -0.39 is 28.5 Å². The number of nitrogens with one attached hydrogen (secondary N) is 1. The van der Waals surface area contributed by atoms with Crippen LogP contribution in [0.15, 0.2) is 95.9 Å². The van der Waals surface area contributed by atoms with E-state index in [4.69, 9.17) is 32.7 Å². The van der Waals surface area contributed by atoms with E-state index in [9.17, 15) is 18.0 Å². The lowest BCUT2D eigenvalue weighted by atomic mass is 10.0. The van der Waals surface area contributed by atoms with Crippen LogP contribution in [0.2, 0.25) is 10.0 Å². The SMILES string of the molecule is CCCCNC(=O)C(Cc1ccccc1)N(Cc1c(Cl)cccc1Cl)C(=O)CN(c1cc(OC)ccc1OC)S(=O)(=O)c1ccc(C)cc1. The average molecular weight is 727 g/mol. The Kier molecular flexibility index (Phi) is 13.4. The Labute approximate surface area is 298 Å². The summed E-state index contributed by atoms with van der Waals surface area (Å²) in [5.74, 6) is -0.503. The third kappa shape index (κ3) is 9.47. The summed E-state index contributed by atoms with van der Waals surface area (Å²) in [7, 11) is -1.51. The van der Waals surface area contributed by atoms with E-state index in [0.717, 1.165) is 28.3 Å². The Morgan fingerprint density at radius 2 is 1.55 bits per heavy atom. The molecule has 0 saturated carbocycles. The molecule has 0 aliphatic carbocycles. The molecule has 0 aromatic heterocycles. The van der Waals surface area contributed by atoms with Crippen molar-refractivity contribution in [3.63, 3.8) is 0 Å². The van der Waals surface area contributed by atoms with Crippen LogP contribution in [0.4, 0.5) is 5.69 Å². The summed E-state index contributed by atoms with van der Waals surface area (Å²) >= 11 is 13.2. The maximum absolute atomic E-state index is 14.8. The van der Waals surface area contributed by atoms with Gasteiger partial charge in [0.05, 0.1) is 24.8 Å². The number of anilines is 1. The predicted octanol–water partition coefficient (Wildman–Crippen LogP) is 7.07. The Morgan fingerprint density at radius 3 is 2.16 bits per heavy atom. The topological polar surface area (TPSA) is 105 Å². The quantitative estimate of drug-likeness (QED) is 0.124. The molecule has 1 N–H and O–H groups in total. The monoisotopic (exact) mass is 725 g/mol. The molecule has 0 aliphatic rings. The van der Waals surface area contributed by atoms with Gasteiger partial charge in [0, 0.05) is 41.2 Å². The van der Waals surface area contributed by atoms with Crippen molar-refractivity contribution in [2.24, 2.45) is 0 Å². The van der Waals surface area contributed by atoms with Crippen molar-refractivity contribution in [2.75, 3.05) is 31.6 Å². The van der Waals surface area contributed by atoms with Gasteiger partial charge in [0.2, 0.25) is 11.8 Å². The summed E-state index contributed by atoms with van der Waals surface area (Å²) in [6.07, 6.45) is 1.75. The van der Waals surface area contributed by atoms with E-state index in [1.807, 2.05) is 44.2 Å². The highest BCUT2D eigenvalue weighted by Crippen LogP contribution is 2.36. The fraction of sp³-hybridized carbons (Fsp3) is 0.297. The molecule has 0 aliphatic heterocycles. The molecule has 0 bridgehead atoms. The molecule has 0 radical (unpaired) electrons. The zero-order valence-corrected chi connectivity index (χ0v) is 30.3. The number of rotatable bonds is 16. The van der Waals surface area contributed by atoms with Crippen LogP contribution in [0.25, 0.3) is 0 Å². The van der Waals surface area contributed by atoms with Crippen molar-refractivity contribution in [3.05, 3.63) is 118 Å². The zero-order valence-electron chi connectivity index (χ0n) is 28.0. The first kappa shape index (κ1) is 37.6. The highest BCUT2D eigenvalue weighted by Gasteiger charge is 2.36. The van der Waals surface area contributed by atoms with Crippen molar-refractivity contribution in [3.8, 4) is 11.5 Å². The fourth-order valence-electron chi connectivity index (χ4n) is 5.26. The maximum Gasteiger partial charge on any atom is 0.264 e. The Morgan fingerprint density at radius 1 is 0.878 bits per heavy atom. The number of sulfonamides is 1. The number of methoxy groups -OCH3 is 2. The van der Waals surface area contributed by atoms with Gasteiger partial charge < -0.3 is 19.7 Å². The van der Waals surface area contributed by atoms with Gasteiger partial charge >= 0.3 is 0 Å².